The number of anilines is 1. The Morgan fingerprint density at radius 1 is 0.682 bits per heavy atom. The fourth-order valence-corrected chi connectivity index (χ4v) is 9.96. The first-order chi connectivity index (χ1) is 30.5. The van der Waals surface area contributed by atoms with Crippen molar-refractivity contribution >= 4 is 72.9 Å². The van der Waals surface area contributed by atoms with Crippen LogP contribution in [0.2, 0.25) is 0 Å². The van der Waals surface area contributed by atoms with E-state index in [4.69, 9.17) is 9.68 Å². The average Bonchev–Trinajstić information content (AvgIpc) is 3.83. The maximum absolute atomic E-state index is 12.4. The van der Waals surface area contributed by atoms with Gasteiger partial charge in [0.2, 0.25) is 5.69 Å². The van der Waals surface area contributed by atoms with E-state index >= 15 is 0 Å². The molecule has 0 aromatic heterocycles. The average molecular weight is 977 g/mol. The first-order valence-corrected chi connectivity index (χ1v) is 24.7. The molecule has 18 nitrogen and oxygen atoms in total. The summed E-state index contributed by atoms with van der Waals surface area (Å²) in [4.78, 5) is 84.4. The topological polar surface area (TPSA) is 248 Å². The van der Waals surface area contributed by atoms with Crippen LogP contribution in [0.15, 0.2) is 60.3 Å². The van der Waals surface area contributed by atoms with Crippen LogP contribution < -0.4 is 56.3 Å². The Morgan fingerprint density at radius 2 is 1.17 bits per heavy atom. The number of hydrogen-bond acceptors (Lipinski definition) is 15. The van der Waals surface area contributed by atoms with E-state index in [1.54, 1.807) is 36.4 Å². The molecule has 4 aliphatic heterocycles. The van der Waals surface area contributed by atoms with Crippen LogP contribution in [0.5, 0.6) is 0 Å². The van der Waals surface area contributed by atoms with Crippen LogP contribution >= 0.6 is 0 Å². The third kappa shape index (κ3) is 12.8. The van der Waals surface area contributed by atoms with Crippen molar-refractivity contribution < 1.29 is 120 Å². The van der Waals surface area contributed by atoms with Crippen LogP contribution in [-0.4, -0.2) is 95.0 Å². The van der Waals surface area contributed by atoms with Gasteiger partial charge < -0.3 is 23.7 Å². The molecule has 2 saturated heterocycles. The SMILES string of the molecule is CC1(C)C(/C=C/C=C2/N(CCCCCC(=O)ON3C(=O)CCC3=O)c3ccc(CS(=O)(=O)[O-])cc3C2(C)C)=[N+](CCCCCC(=O)ON2C(=O)CCC2=O)c2ccc(CS(=O)(=O)[O-])cc21.[K+]. The largest absolute Gasteiger partial charge is 1.00 e. The maximum Gasteiger partial charge on any atom is 1.00 e. The van der Waals surface area contributed by atoms with Gasteiger partial charge in [0.15, 0.2) is 5.71 Å². The molecule has 0 unspecified atom stereocenters. The third-order valence-electron chi connectivity index (χ3n) is 12.0. The molecule has 0 atom stereocenters. The van der Waals surface area contributed by atoms with Crippen molar-refractivity contribution in [1.82, 2.24) is 10.1 Å². The van der Waals surface area contributed by atoms with Crippen LogP contribution in [0.4, 0.5) is 11.4 Å². The molecule has 0 saturated carbocycles. The number of carbonyl (C=O) groups is 6. The van der Waals surface area contributed by atoms with Crippen LogP contribution in [0.25, 0.3) is 0 Å². The van der Waals surface area contributed by atoms with Gasteiger partial charge in [-0.05, 0) is 74.4 Å². The van der Waals surface area contributed by atoms with Crippen LogP contribution in [0.3, 0.4) is 0 Å². The molecule has 66 heavy (non-hydrogen) atoms. The van der Waals surface area contributed by atoms with Crippen LogP contribution in [0, 0.1) is 0 Å². The Labute approximate surface area is 427 Å². The van der Waals surface area contributed by atoms with E-state index in [1.165, 1.54) is 0 Å². The number of carbonyl (C=O) groups excluding carboxylic acids is 6. The number of allylic oxidation sites excluding steroid dienone is 4. The van der Waals surface area contributed by atoms with E-state index in [9.17, 15) is 54.7 Å². The summed E-state index contributed by atoms with van der Waals surface area (Å²) in [5, 5.41) is 1.05. The summed E-state index contributed by atoms with van der Waals surface area (Å²) >= 11 is 0. The number of hydroxylamine groups is 4. The summed E-state index contributed by atoms with van der Waals surface area (Å²) in [6.07, 6.45) is 9.08. The zero-order valence-corrected chi connectivity index (χ0v) is 42.6. The molecule has 2 fully saturated rings. The van der Waals surface area contributed by atoms with Gasteiger partial charge in [-0.3, -0.25) is 19.2 Å². The van der Waals surface area contributed by atoms with Gasteiger partial charge in [0.05, 0.1) is 37.2 Å². The summed E-state index contributed by atoms with van der Waals surface area (Å²) in [6.45, 7) is 8.97. The molecule has 0 N–H and O–H groups in total. The molecular formula is C45H53KN4O14S2. The number of hydrogen-bond donors (Lipinski definition) is 0. The van der Waals surface area contributed by atoms with E-state index in [1.807, 2.05) is 45.9 Å². The predicted molar refractivity (Wildman–Crippen MR) is 231 cm³/mol. The van der Waals surface area contributed by atoms with Gasteiger partial charge in [-0.2, -0.15) is 4.58 Å². The molecule has 4 amide bonds. The second kappa shape index (κ2) is 21.6. The number of unbranched alkanes of at least 4 members (excludes halogenated alkanes) is 4. The Bertz CT molecular complexity index is 2590. The maximum atomic E-state index is 12.4. The first kappa shape index (κ1) is 53.0. The molecule has 2 aromatic carbocycles. The molecule has 0 bridgehead atoms. The molecule has 2 aromatic rings. The fraction of sp³-hybridized carbons (Fsp3) is 0.489. The molecule has 6 rings (SSSR count). The minimum Gasteiger partial charge on any atom is -0.748 e. The molecule has 0 aliphatic carbocycles. The normalized spacial score (nSPS) is 18.5. The van der Waals surface area contributed by atoms with Gasteiger partial charge >= 0.3 is 63.3 Å². The number of fused-ring (bicyclic) bond motifs is 2. The summed E-state index contributed by atoms with van der Waals surface area (Å²) in [7, 11) is -9.12. The quantitative estimate of drug-likeness (QED) is 0.0603. The number of amides is 4. The number of nitrogens with zero attached hydrogens (tertiary/aromatic N) is 4. The minimum atomic E-state index is -4.56. The molecule has 4 aliphatic rings. The van der Waals surface area contributed by atoms with Gasteiger partial charge in [0.25, 0.3) is 23.6 Å². The van der Waals surface area contributed by atoms with E-state index in [-0.39, 0.29) is 89.9 Å². The van der Waals surface area contributed by atoms with Crippen molar-refractivity contribution in [2.75, 3.05) is 18.0 Å². The van der Waals surface area contributed by atoms with Crippen LogP contribution in [0.1, 0.15) is 127 Å². The number of rotatable bonds is 20. The Hall–Kier alpha value is -3.93. The first-order valence-electron chi connectivity index (χ1n) is 21.5. The van der Waals surface area contributed by atoms with E-state index in [0.717, 1.165) is 33.9 Å². The summed E-state index contributed by atoms with van der Waals surface area (Å²) in [6, 6.07) is 10.3. The van der Waals surface area contributed by atoms with E-state index in [0.29, 0.717) is 72.9 Å². The van der Waals surface area contributed by atoms with Crippen molar-refractivity contribution in [3.63, 3.8) is 0 Å². The van der Waals surface area contributed by atoms with Gasteiger partial charge in [-0.1, -0.05) is 44.5 Å². The second-order valence-electron chi connectivity index (χ2n) is 17.7. The van der Waals surface area contributed by atoms with Gasteiger partial charge in [-0.25, -0.2) is 26.4 Å². The summed E-state index contributed by atoms with van der Waals surface area (Å²) < 4.78 is 72.5. The van der Waals surface area contributed by atoms with E-state index < -0.39 is 78.1 Å². The van der Waals surface area contributed by atoms with Gasteiger partial charge in [0.1, 0.15) is 6.54 Å². The molecule has 21 heteroatoms. The minimum absolute atomic E-state index is 0. The van der Waals surface area contributed by atoms with E-state index in [2.05, 4.69) is 9.48 Å². The molecule has 4 heterocycles. The summed E-state index contributed by atoms with van der Waals surface area (Å²) in [5.41, 5.74) is 4.35. The molecule has 0 spiro atoms. The van der Waals surface area contributed by atoms with Crippen molar-refractivity contribution in [3.8, 4) is 0 Å². The predicted octanol–water partition coefficient (Wildman–Crippen LogP) is 1.73. The molecule has 350 valence electrons. The van der Waals surface area contributed by atoms with Crippen molar-refractivity contribution in [3.05, 3.63) is 82.6 Å². The smallest absolute Gasteiger partial charge is 0.748 e. The summed E-state index contributed by atoms with van der Waals surface area (Å²) in [5.74, 6) is -4.91. The molecule has 0 radical (unpaired) electrons. The third-order valence-corrected chi connectivity index (χ3v) is 13.4. The molecular weight excluding hydrogens is 924 g/mol. The Kier molecular flexibility index (Phi) is 17.3. The second-order valence-corrected chi connectivity index (χ2v) is 20.5. The van der Waals surface area contributed by atoms with Crippen LogP contribution in [-0.2, 0) is 81.0 Å². The van der Waals surface area contributed by atoms with Gasteiger partial charge in [-0.15, -0.1) is 10.1 Å². The van der Waals surface area contributed by atoms with Gasteiger partial charge in [0, 0.05) is 86.0 Å². The zero-order chi connectivity index (χ0) is 47.5. The fourth-order valence-electron chi connectivity index (χ4n) is 8.79. The van der Waals surface area contributed by atoms with Crippen molar-refractivity contribution in [1.29, 1.82) is 0 Å². The standard InChI is InChI=1S/C45H54N4O14S2.K/c1-44(2)32-26-30(28-64(56,57)58)16-18-34(32)46(24-9-5-7-14-42(54)62-48-38(50)20-21-39(48)51)36(44)12-11-13-37-45(3,4)33-27-31(29-65(59,60)61)17-19-35(33)47(37)25-10-6-8-15-43(55)63-49-40(52)22-23-41(49)53;/h11-13,16-19,26-27H,5-10,14-15,20-25,28-29H2,1-4H3,(H-,56,57,58,59,60,61);/q;+1/p-1. The Morgan fingerprint density at radius 3 is 1.68 bits per heavy atom. The Balaban J connectivity index is 0.00000817. The van der Waals surface area contributed by atoms with Crippen molar-refractivity contribution in [2.45, 2.75) is 127 Å². The monoisotopic (exact) mass is 976 g/mol. The van der Waals surface area contributed by atoms with Crippen molar-refractivity contribution in [2.24, 2.45) is 0 Å². The zero-order valence-electron chi connectivity index (χ0n) is 37.8. The number of benzene rings is 2. The number of imide groups is 2.